The van der Waals surface area contributed by atoms with Crippen LogP contribution in [0.5, 0.6) is 5.75 Å². The van der Waals surface area contributed by atoms with Gasteiger partial charge in [0.2, 0.25) is 0 Å². The monoisotopic (exact) mass is 259 g/mol. The quantitative estimate of drug-likeness (QED) is 0.915. The molecule has 1 heterocycles. The van der Waals surface area contributed by atoms with Crippen molar-refractivity contribution in [1.82, 2.24) is 4.57 Å². The summed E-state index contributed by atoms with van der Waals surface area (Å²) in [5.41, 5.74) is 0.324. The number of ether oxygens (including phenoxy) is 1. The highest BCUT2D eigenvalue weighted by Gasteiger charge is 2.30. The van der Waals surface area contributed by atoms with Crippen molar-refractivity contribution in [2.24, 2.45) is 0 Å². The molecule has 0 saturated heterocycles. The van der Waals surface area contributed by atoms with Gasteiger partial charge in [-0.25, -0.2) is 4.79 Å². The molecule has 1 aliphatic carbocycles. The van der Waals surface area contributed by atoms with Crippen molar-refractivity contribution in [3.8, 4) is 5.75 Å². The van der Waals surface area contributed by atoms with E-state index in [0.29, 0.717) is 16.7 Å². The summed E-state index contributed by atoms with van der Waals surface area (Å²) < 4.78 is 7.00. The minimum absolute atomic E-state index is 0.0319. The number of aromatic nitrogens is 1. The lowest BCUT2D eigenvalue weighted by molar-refractivity contribution is 0.0684. The van der Waals surface area contributed by atoms with Crippen molar-refractivity contribution in [1.29, 1.82) is 0 Å². The van der Waals surface area contributed by atoms with Gasteiger partial charge in [0.1, 0.15) is 11.4 Å². The molecule has 3 rings (SSSR count). The van der Waals surface area contributed by atoms with Crippen LogP contribution in [0.2, 0.25) is 0 Å². The molecule has 1 N–H and O–H groups in total. The summed E-state index contributed by atoms with van der Waals surface area (Å²) in [6.07, 6.45) is 1.85. The molecule has 0 aliphatic heterocycles. The Bertz CT molecular complexity index is 728. The summed E-state index contributed by atoms with van der Waals surface area (Å²) in [4.78, 5) is 23.4. The van der Waals surface area contributed by atoms with E-state index in [1.165, 1.54) is 13.2 Å². The number of benzene rings is 1. The van der Waals surface area contributed by atoms with E-state index in [-0.39, 0.29) is 17.2 Å². The van der Waals surface area contributed by atoms with Crippen LogP contribution >= 0.6 is 0 Å². The molecule has 1 fully saturated rings. The minimum Gasteiger partial charge on any atom is -0.495 e. The van der Waals surface area contributed by atoms with Crippen molar-refractivity contribution < 1.29 is 14.6 Å². The minimum atomic E-state index is -1.09. The highest BCUT2D eigenvalue weighted by molar-refractivity contribution is 5.93. The molecule has 0 atom stereocenters. The number of carboxylic acids is 1. The van der Waals surface area contributed by atoms with E-state index < -0.39 is 5.97 Å². The van der Waals surface area contributed by atoms with E-state index in [2.05, 4.69) is 0 Å². The lowest BCUT2D eigenvalue weighted by Gasteiger charge is -2.16. The predicted molar refractivity (Wildman–Crippen MR) is 70.0 cm³/mol. The van der Waals surface area contributed by atoms with Crippen molar-refractivity contribution in [3.63, 3.8) is 0 Å². The van der Waals surface area contributed by atoms with Crippen LogP contribution in [0.15, 0.2) is 29.1 Å². The maximum atomic E-state index is 12.0. The zero-order valence-corrected chi connectivity index (χ0v) is 10.4. The second kappa shape index (κ2) is 4.12. The Hall–Kier alpha value is -2.30. The molecule has 0 radical (unpaired) electrons. The number of methoxy groups -OCH3 is 1. The first kappa shape index (κ1) is 11.8. The topological polar surface area (TPSA) is 68.5 Å². The predicted octanol–water partition coefficient (Wildman–Crippen LogP) is 2.04. The maximum absolute atomic E-state index is 12.0. The van der Waals surface area contributed by atoms with Crippen LogP contribution in [0.4, 0.5) is 0 Å². The fourth-order valence-corrected chi connectivity index (χ4v) is 2.40. The van der Waals surface area contributed by atoms with Gasteiger partial charge in [0.05, 0.1) is 12.6 Å². The molecule has 0 spiro atoms. The number of rotatable bonds is 3. The molecule has 0 unspecified atom stereocenters. The Balaban J connectivity index is 2.49. The zero-order valence-electron chi connectivity index (χ0n) is 10.4. The Labute approximate surface area is 109 Å². The smallest absolute Gasteiger partial charge is 0.352 e. The van der Waals surface area contributed by atoms with Gasteiger partial charge in [-0.2, -0.15) is 0 Å². The number of aromatic carboxylic acids is 1. The van der Waals surface area contributed by atoms with Crippen molar-refractivity contribution >= 4 is 16.9 Å². The normalized spacial score (nSPS) is 14.6. The average Bonchev–Trinajstić information content (AvgIpc) is 3.22. The van der Waals surface area contributed by atoms with E-state index in [1.807, 2.05) is 0 Å². The van der Waals surface area contributed by atoms with Gasteiger partial charge in [-0.15, -0.1) is 0 Å². The highest BCUT2D eigenvalue weighted by Crippen LogP contribution is 2.40. The molecule has 1 aromatic carbocycles. The Kier molecular flexibility index (Phi) is 2.55. The molecule has 5 heteroatoms. The fraction of sp³-hybridized carbons (Fsp3) is 0.286. The summed E-state index contributed by atoms with van der Waals surface area (Å²) >= 11 is 0. The Morgan fingerprint density at radius 1 is 1.42 bits per heavy atom. The van der Waals surface area contributed by atoms with Gasteiger partial charge in [0.25, 0.3) is 0 Å². The van der Waals surface area contributed by atoms with Gasteiger partial charge >= 0.3 is 5.97 Å². The molecule has 2 aromatic rings. The van der Waals surface area contributed by atoms with Crippen molar-refractivity contribution in [3.05, 3.63) is 40.2 Å². The van der Waals surface area contributed by atoms with Gasteiger partial charge in [-0.05, 0) is 25.0 Å². The molecule has 0 amide bonds. The number of carbonyl (C=O) groups is 1. The van der Waals surface area contributed by atoms with E-state index in [1.54, 1.807) is 22.8 Å². The summed E-state index contributed by atoms with van der Waals surface area (Å²) in [5.74, 6) is -0.554. The zero-order chi connectivity index (χ0) is 13.6. The van der Waals surface area contributed by atoms with Gasteiger partial charge in [-0.3, -0.25) is 4.79 Å². The van der Waals surface area contributed by atoms with Crippen LogP contribution < -0.4 is 10.2 Å². The lowest BCUT2D eigenvalue weighted by Crippen LogP contribution is -2.18. The number of para-hydroxylation sites is 1. The molecular weight excluding hydrogens is 246 g/mol. The number of pyridine rings is 1. The summed E-state index contributed by atoms with van der Waals surface area (Å²) in [5, 5.41) is 9.79. The second-order valence-corrected chi connectivity index (χ2v) is 4.66. The third kappa shape index (κ3) is 1.78. The second-order valence-electron chi connectivity index (χ2n) is 4.66. The largest absolute Gasteiger partial charge is 0.495 e. The van der Waals surface area contributed by atoms with Crippen LogP contribution in [0.1, 0.15) is 29.4 Å². The molecular formula is C14H13NO4. The van der Waals surface area contributed by atoms with Crippen LogP contribution in [-0.2, 0) is 0 Å². The van der Waals surface area contributed by atoms with Gasteiger partial charge < -0.3 is 14.4 Å². The highest BCUT2D eigenvalue weighted by atomic mass is 16.5. The third-order valence-corrected chi connectivity index (χ3v) is 3.38. The first-order chi connectivity index (χ1) is 9.13. The SMILES string of the molecule is COc1cccc2c(=O)cc(C(=O)O)n(C3CC3)c12. The summed E-state index contributed by atoms with van der Waals surface area (Å²) in [6, 6.07) is 6.52. The number of hydrogen-bond acceptors (Lipinski definition) is 3. The molecule has 5 nitrogen and oxygen atoms in total. The number of carboxylic acid groups (broad SMARTS) is 1. The van der Waals surface area contributed by atoms with Gasteiger partial charge in [0.15, 0.2) is 5.43 Å². The van der Waals surface area contributed by atoms with E-state index in [4.69, 9.17) is 4.74 Å². The van der Waals surface area contributed by atoms with Gasteiger partial charge in [-0.1, -0.05) is 6.07 Å². The summed E-state index contributed by atoms with van der Waals surface area (Å²) in [6.45, 7) is 0. The summed E-state index contributed by atoms with van der Waals surface area (Å²) in [7, 11) is 1.52. The van der Waals surface area contributed by atoms with E-state index >= 15 is 0 Å². The molecule has 1 aromatic heterocycles. The third-order valence-electron chi connectivity index (χ3n) is 3.38. The van der Waals surface area contributed by atoms with E-state index in [0.717, 1.165) is 12.8 Å². The van der Waals surface area contributed by atoms with Crippen LogP contribution in [0, 0.1) is 0 Å². The average molecular weight is 259 g/mol. The van der Waals surface area contributed by atoms with Gasteiger partial charge in [0, 0.05) is 17.5 Å². The van der Waals surface area contributed by atoms with Crippen LogP contribution in [0.3, 0.4) is 0 Å². The van der Waals surface area contributed by atoms with Crippen molar-refractivity contribution in [2.45, 2.75) is 18.9 Å². The standard InChI is InChI=1S/C14H13NO4/c1-19-12-4-2-3-9-11(16)7-10(14(17)18)15(13(9)12)8-5-6-8/h2-4,7-8H,5-6H2,1H3,(H,17,18). The molecule has 1 aliphatic rings. The molecule has 98 valence electrons. The first-order valence-corrected chi connectivity index (χ1v) is 6.09. The fourth-order valence-electron chi connectivity index (χ4n) is 2.40. The van der Waals surface area contributed by atoms with E-state index in [9.17, 15) is 14.7 Å². The van der Waals surface area contributed by atoms with Crippen LogP contribution in [0.25, 0.3) is 10.9 Å². The van der Waals surface area contributed by atoms with Crippen molar-refractivity contribution in [2.75, 3.05) is 7.11 Å². The van der Waals surface area contributed by atoms with Crippen LogP contribution in [-0.4, -0.2) is 22.8 Å². The first-order valence-electron chi connectivity index (χ1n) is 6.09. The Morgan fingerprint density at radius 2 is 2.16 bits per heavy atom. The maximum Gasteiger partial charge on any atom is 0.352 e. The molecule has 19 heavy (non-hydrogen) atoms. The lowest BCUT2D eigenvalue weighted by atomic mass is 10.1. The molecule has 0 bridgehead atoms. The number of nitrogens with zero attached hydrogens (tertiary/aromatic N) is 1. The molecule has 1 saturated carbocycles. The number of fused-ring (bicyclic) bond motifs is 1. The Morgan fingerprint density at radius 3 is 2.74 bits per heavy atom. The number of hydrogen-bond donors (Lipinski definition) is 1.